The Bertz CT molecular complexity index is 913. The van der Waals surface area contributed by atoms with Crippen LogP contribution in [-0.4, -0.2) is 27.8 Å². The number of nitrogens with zero attached hydrogens (tertiary/aromatic N) is 3. The molecule has 0 spiro atoms. The fourth-order valence-corrected chi connectivity index (χ4v) is 2.80. The summed E-state index contributed by atoms with van der Waals surface area (Å²) >= 11 is 1.26. The predicted octanol–water partition coefficient (Wildman–Crippen LogP) is 3.61. The molecule has 0 aliphatic heterocycles. The van der Waals surface area contributed by atoms with Gasteiger partial charge in [-0.25, -0.2) is 15.4 Å². The largest absolute Gasteiger partial charge is 0.489 e. The number of rotatable bonds is 8. The van der Waals surface area contributed by atoms with Crippen LogP contribution in [0.1, 0.15) is 16.7 Å². The highest BCUT2D eigenvalue weighted by Crippen LogP contribution is 2.14. The molecular formula is C21H20N4O2S. The van der Waals surface area contributed by atoms with E-state index in [-0.39, 0.29) is 11.7 Å². The summed E-state index contributed by atoms with van der Waals surface area (Å²) in [6.07, 6.45) is 4.87. The fraction of sp³-hybridized carbons (Fsp3) is 0.143. The average Bonchev–Trinajstić information content (AvgIpc) is 2.73. The molecule has 28 heavy (non-hydrogen) atoms. The number of hydrazone groups is 1. The Morgan fingerprint density at radius 1 is 1.11 bits per heavy atom. The molecule has 0 aliphatic rings. The first kappa shape index (κ1) is 19.6. The number of hydrogen-bond donors (Lipinski definition) is 1. The summed E-state index contributed by atoms with van der Waals surface area (Å²) in [6, 6.07) is 17.5. The molecule has 1 aromatic heterocycles. The summed E-state index contributed by atoms with van der Waals surface area (Å²) in [4.78, 5) is 19.9. The maximum Gasteiger partial charge on any atom is 0.250 e. The highest BCUT2D eigenvalue weighted by Gasteiger charge is 2.03. The monoisotopic (exact) mass is 392 g/mol. The van der Waals surface area contributed by atoms with Gasteiger partial charge in [0.2, 0.25) is 0 Å². The molecule has 0 bridgehead atoms. The van der Waals surface area contributed by atoms with Gasteiger partial charge in [0.15, 0.2) is 5.16 Å². The number of aromatic nitrogens is 2. The van der Waals surface area contributed by atoms with Crippen LogP contribution in [0.15, 0.2) is 77.2 Å². The van der Waals surface area contributed by atoms with Crippen molar-refractivity contribution in [1.29, 1.82) is 0 Å². The molecule has 1 N–H and O–H groups in total. The van der Waals surface area contributed by atoms with E-state index in [1.54, 1.807) is 24.7 Å². The summed E-state index contributed by atoms with van der Waals surface area (Å²) in [5.74, 6) is 0.764. The van der Waals surface area contributed by atoms with Crippen LogP contribution in [0.25, 0.3) is 0 Å². The van der Waals surface area contributed by atoms with Gasteiger partial charge < -0.3 is 4.74 Å². The van der Waals surface area contributed by atoms with Crippen LogP contribution in [0.2, 0.25) is 0 Å². The first-order valence-corrected chi connectivity index (χ1v) is 9.68. The Labute approximate surface area is 168 Å². The van der Waals surface area contributed by atoms with Crippen molar-refractivity contribution in [2.75, 3.05) is 5.75 Å². The number of amides is 1. The molecule has 0 fully saturated rings. The third kappa shape index (κ3) is 6.51. The van der Waals surface area contributed by atoms with Crippen LogP contribution < -0.4 is 10.2 Å². The van der Waals surface area contributed by atoms with Gasteiger partial charge in [0.25, 0.3) is 5.91 Å². The minimum atomic E-state index is -0.216. The van der Waals surface area contributed by atoms with E-state index in [0.717, 1.165) is 16.9 Å². The highest BCUT2D eigenvalue weighted by molar-refractivity contribution is 7.99. The van der Waals surface area contributed by atoms with Gasteiger partial charge in [0, 0.05) is 12.4 Å². The predicted molar refractivity (Wildman–Crippen MR) is 110 cm³/mol. The van der Waals surface area contributed by atoms with E-state index in [2.05, 4.69) is 51.7 Å². The minimum Gasteiger partial charge on any atom is -0.489 e. The van der Waals surface area contributed by atoms with Gasteiger partial charge in [-0.05, 0) is 48.4 Å². The maximum absolute atomic E-state index is 11.8. The van der Waals surface area contributed by atoms with E-state index in [9.17, 15) is 4.79 Å². The lowest BCUT2D eigenvalue weighted by atomic mass is 10.2. The number of aryl methyl sites for hydroxylation is 1. The number of hydrogen-bond acceptors (Lipinski definition) is 6. The third-order valence-corrected chi connectivity index (χ3v) is 4.56. The first-order valence-electron chi connectivity index (χ1n) is 8.69. The normalized spacial score (nSPS) is 10.8. The van der Waals surface area contributed by atoms with Gasteiger partial charge in [-0.2, -0.15) is 5.10 Å². The zero-order valence-corrected chi connectivity index (χ0v) is 16.2. The van der Waals surface area contributed by atoms with Crippen molar-refractivity contribution in [2.45, 2.75) is 18.7 Å². The van der Waals surface area contributed by atoms with Crippen molar-refractivity contribution in [2.24, 2.45) is 5.10 Å². The number of benzene rings is 2. The number of carbonyl (C=O) groups is 1. The quantitative estimate of drug-likeness (QED) is 0.274. The zero-order valence-electron chi connectivity index (χ0n) is 15.4. The second-order valence-electron chi connectivity index (χ2n) is 5.96. The van der Waals surface area contributed by atoms with E-state index in [1.807, 2.05) is 24.3 Å². The molecule has 0 unspecified atom stereocenters. The molecule has 3 rings (SSSR count). The van der Waals surface area contributed by atoms with Gasteiger partial charge >= 0.3 is 0 Å². The minimum absolute atomic E-state index is 0.202. The Morgan fingerprint density at radius 3 is 2.54 bits per heavy atom. The highest BCUT2D eigenvalue weighted by atomic mass is 32.2. The van der Waals surface area contributed by atoms with Crippen molar-refractivity contribution in [1.82, 2.24) is 15.4 Å². The van der Waals surface area contributed by atoms with Crippen LogP contribution in [0.3, 0.4) is 0 Å². The van der Waals surface area contributed by atoms with E-state index in [1.165, 1.54) is 17.3 Å². The lowest BCUT2D eigenvalue weighted by Gasteiger charge is -2.06. The number of nitrogens with one attached hydrogen (secondary N) is 1. The SMILES string of the molecule is Cc1ccc(COc2ccc(/C=N\NC(=O)CSc3ncccn3)cc2)cc1. The van der Waals surface area contributed by atoms with Gasteiger partial charge in [-0.3, -0.25) is 4.79 Å². The van der Waals surface area contributed by atoms with Crippen molar-refractivity contribution >= 4 is 23.9 Å². The van der Waals surface area contributed by atoms with Gasteiger partial charge in [0.1, 0.15) is 12.4 Å². The standard InChI is InChI=1S/C21H20N4O2S/c1-16-3-5-18(6-4-16)14-27-19-9-7-17(8-10-19)13-24-25-20(26)15-28-21-22-11-2-12-23-21/h2-13H,14-15H2,1H3,(H,25,26)/b24-13-. The average molecular weight is 392 g/mol. The summed E-state index contributed by atoms with van der Waals surface area (Å²) in [6.45, 7) is 2.58. The van der Waals surface area contributed by atoms with Crippen LogP contribution in [0.5, 0.6) is 5.75 Å². The molecule has 0 radical (unpaired) electrons. The summed E-state index contributed by atoms with van der Waals surface area (Å²) in [7, 11) is 0. The number of thioether (sulfide) groups is 1. The van der Waals surface area contributed by atoms with E-state index in [4.69, 9.17) is 4.74 Å². The molecule has 1 heterocycles. The third-order valence-electron chi connectivity index (χ3n) is 3.68. The van der Waals surface area contributed by atoms with Crippen molar-refractivity contribution in [3.8, 4) is 5.75 Å². The fourth-order valence-electron chi connectivity index (χ4n) is 2.20. The summed E-state index contributed by atoms with van der Waals surface area (Å²) in [5, 5.41) is 4.52. The molecule has 0 saturated heterocycles. The lowest BCUT2D eigenvalue weighted by molar-refractivity contribution is -0.118. The molecule has 142 valence electrons. The number of carbonyl (C=O) groups excluding carboxylic acids is 1. The van der Waals surface area contributed by atoms with Crippen LogP contribution in [-0.2, 0) is 11.4 Å². The smallest absolute Gasteiger partial charge is 0.250 e. The zero-order chi connectivity index (χ0) is 19.6. The Balaban J connectivity index is 1.41. The van der Waals surface area contributed by atoms with Crippen molar-refractivity contribution in [3.05, 3.63) is 83.7 Å². The van der Waals surface area contributed by atoms with Gasteiger partial charge in [-0.15, -0.1) is 0 Å². The summed E-state index contributed by atoms with van der Waals surface area (Å²) in [5.41, 5.74) is 5.70. The number of ether oxygens (including phenoxy) is 1. The second kappa shape index (κ2) is 10.2. The molecule has 1 amide bonds. The maximum atomic E-state index is 11.8. The second-order valence-corrected chi connectivity index (χ2v) is 6.90. The van der Waals surface area contributed by atoms with Gasteiger partial charge in [-0.1, -0.05) is 41.6 Å². The molecule has 2 aromatic carbocycles. The first-order chi connectivity index (χ1) is 13.7. The molecule has 3 aromatic rings. The molecule has 0 saturated carbocycles. The molecule has 0 aliphatic carbocycles. The van der Waals surface area contributed by atoms with E-state index in [0.29, 0.717) is 11.8 Å². The van der Waals surface area contributed by atoms with E-state index < -0.39 is 0 Å². The molecule has 0 atom stereocenters. The van der Waals surface area contributed by atoms with Crippen LogP contribution in [0.4, 0.5) is 0 Å². The van der Waals surface area contributed by atoms with E-state index >= 15 is 0 Å². The van der Waals surface area contributed by atoms with Crippen LogP contribution in [0, 0.1) is 6.92 Å². The van der Waals surface area contributed by atoms with Crippen molar-refractivity contribution in [3.63, 3.8) is 0 Å². The Hall–Kier alpha value is -3.19. The topological polar surface area (TPSA) is 76.5 Å². The van der Waals surface area contributed by atoms with Crippen molar-refractivity contribution < 1.29 is 9.53 Å². The molecule has 7 heteroatoms. The molecular weight excluding hydrogens is 372 g/mol. The lowest BCUT2D eigenvalue weighted by Crippen LogP contribution is -2.19. The van der Waals surface area contributed by atoms with Gasteiger partial charge in [0.05, 0.1) is 12.0 Å². The van der Waals surface area contributed by atoms with Crippen LogP contribution >= 0.6 is 11.8 Å². The Kier molecular flexibility index (Phi) is 7.14. The molecule has 6 nitrogen and oxygen atoms in total. The Morgan fingerprint density at radius 2 is 1.82 bits per heavy atom. The summed E-state index contributed by atoms with van der Waals surface area (Å²) < 4.78 is 5.77.